The van der Waals surface area contributed by atoms with Gasteiger partial charge in [-0.05, 0) is 36.9 Å². The lowest BCUT2D eigenvalue weighted by molar-refractivity contribution is -0.137. The number of alkyl halides is 3. The first-order chi connectivity index (χ1) is 10.2. The van der Waals surface area contributed by atoms with Crippen molar-refractivity contribution in [3.63, 3.8) is 0 Å². The molecule has 1 aliphatic rings. The van der Waals surface area contributed by atoms with Gasteiger partial charge in [0.25, 0.3) is 5.91 Å². The van der Waals surface area contributed by atoms with Crippen molar-refractivity contribution < 1.29 is 18.0 Å². The van der Waals surface area contributed by atoms with Crippen LogP contribution in [0.5, 0.6) is 0 Å². The first-order valence-corrected chi connectivity index (χ1v) is 7.39. The second-order valence-electron chi connectivity index (χ2n) is 6.35. The van der Waals surface area contributed by atoms with E-state index in [2.05, 4.69) is 24.5 Å². The second kappa shape index (κ2) is 7.53. The molecule has 1 aromatic rings. The average Bonchev–Trinajstić information content (AvgIpc) is 2.44. The minimum atomic E-state index is -4.53. The van der Waals surface area contributed by atoms with Gasteiger partial charge in [-0.3, -0.25) is 4.79 Å². The second-order valence-corrected chi connectivity index (χ2v) is 6.35. The van der Waals surface area contributed by atoms with Crippen LogP contribution in [-0.2, 0) is 6.18 Å². The smallest absolute Gasteiger partial charge is 0.350 e. The number of nitrogens with one attached hydrogen (secondary N) is 2. The summed E-state index contributed by atoms with van der Waals surface area (Å²) < 4.78 is 38.8. The standard InChI is InChI=1S/C16H21F3N2O.ClH/c1-15(2)8-5-9-20-13(15)10-21-14(22)11-6-3-4-7-12(11)16(17,18)19;/h3-4,6-7,13,20H,5,8-10H2,1-2H3,(H,21,22);1H. The van der Waals surface area contributed by atoms with E-state index in [9.17, 15) is 18.0 Å². The summed E-state index contributed by atoms with van der Waals surface area (Å²) in [6, 6.07) is 4.91. The van der Waals surface area contributed by atoms with Crippen molar-refractivity contribution in [2.24, 2.45) is 5.41 Å². The molecule has 1 aliphatic heterocycles. The molecule has 1 heterocycles. The van der Waals surface area contributed by atoms with Gasteiger partial charge < -0.3 is 10.6 Å². The van der Waals surface area contributed by atoms with Crippen molar-refractivity contribution in [2.75, 3.05) is 13.1 Å². The summed E-state index contributed by atoms with van der Waals surface area (Å²) in [7, 11) is 0. The van der Waals surface area contributed by atoms with E-state index >= 15 is 0 Å². The zero-order valence-corrected chi connectivity index (χ0v) is 14.0. The number of benzene rings is 1. The van der Waals surface area contributed by atoms with E-state index in [1.165, 1.54) is 18.2 Å². The third-order valence-corrected chi connectivity index (χ3v) is 4.28. The summed E-state index contributed by atoms with van der Waals surface area (Å²) >= 11 is 0. The van der Waals surface area contributed by atoms with Crippen molar-refractivity contribution in [1.82, 2.24) is 10.6 Å². The van der Waals surface area contributed by atoms with E-state index in [0.717, 1.165) is 25.5 Å². The fourth-order valence-electron chi connectivity index (χ4n) is 2.84. The zero-order valence-electron chi connectivity index (χ0n) is 13.2. The molecule has 1 aromatic carbocycles. The molecule has 0 saturated carbocycles. The van der Waals surface area contributed by atoms with Gasteiger partial charge in [-0.15, -0.1) is 12.4 Å². The number of carbonyl (C=O) groups is 1. The van der Waals surface area contributed by atoms with Gasteiger partial charge in [-0.2, -0.15) is 13.2 Å². The largest absolute Gasteiger partial charge is 0.417 e. The van der Waals surface area contributed by atoms with E-state index in [4.69, 9.17) is 0 Å². The van der Waals surface area contributed by atoms with Gasteiger partial charge >= 0.3 is 6.18 Å². The minimum absolute atomic E-state index is 0. The van der Waals surface area contributed by atoms with Crippen molar-refractivity contribution >= 4 is 18.3 Å². The Hall–Kier alpha value is -1.27. The molecule has 130 valence electrons. The number of hydrogen-bond acceptors (Lipinski definition) is 2. The first-order valence-electron chi connectivity index (χ1n) is 7.39. The van der Waals surface area contributed by atoms with Crippen molar-refractivity contribution in [1.29, 1.82) is 0 Å². The van der Waals surface area contributed by atoms with Crippen molar-refractivity contribution in [2.45, 2.75) is 38.9 Å². The predicted octanol–water partition coefficient (Wildman–Crippen LogP) is 3.64. The van der Waals surface area contributed by atoms with Gasteiger partial charge in [-0.25, -0.2) is 0 Å². The van der Waals surface area contributed by atoms with Gasteiger partial charge in [-0.1, -0.05) is 26.0 Å². The van der Waals surface area contributed by atoms with Crippen LogP contribution in [0.2, 0.25) is 0 Å². The molecule has 0 radical (unpaired) electrons. The van der Waals surface area contributed by atoms with Crippen LogP contribution in [0, 0.1) is 5.41 Å². The molecular weight excluding hydrogens is 329 g/mol. The molecule has 0 spiro atoms. The maximum absolute atomic E-state index is 12.9. The molecule has 2 N–H and O–H groups in total. The predicted molar refractivity (Wildman–Crippen MR) is 85.8 cm³/mol. The summed E-state index contributed by atoms with van der Waals surface area (Å²) in [4.78, 5) is 12.1. The van der Waals surface area contributed by atoms with Crippen LogP contribution in [0.25, 0.3) is 0 Å². The number of amides is 1. The molecule has 1 amide bonds. The molecule has 1 unspecified atom stereocenters. The fourth-order valence-corrected chi connectivity index (χ4v) is 2.84. The SMILES string of the molecule is CC1(C)CCCNC1CNC(=O)c1ccccc1C(F)(F)F.Cl. The first kappa shape index (κ1) is 19.8. The number of rotatable bonds is 3. The quantitative estimate of drug-likeness (QED) is 0.874. The lowest BCUT2D eigenvalue weighted by Crippen LogP contribution is -2.52. The summed E-state index contributed by atoms with van der Waals surface area (Å²) in [5.74, 6) is -0.684. The van der Waals surface area contributed by atoms with Crippen LogP contribution in [0.1, 0.15) is 42.6 Å². The van der Waals surface area contributed by atoms with Crippen molar-refractivity contribution in [3.05, 3.63) is 35.4 Å². The Kier molecular flexibility index (Phi) is 6.48. The summed E-state index contributed by atoms with van der Waals surface area (Å²) in [5, 5.41) is 5.96. The Morgan fingerprint density at radius 3 is 2.61 bits per heavy atom. The Morgan fingerprint density at radius 2 is 2.00 bits per heavy atom. The summed E-state index contributed by atoms with van der Waals surface area (Å²) in [6.07, 6.45) is -2.44. The third kappa shape index (κ3) is 4.85. The van der Waals surface area contributed by atoms with E-state index in [-0.39, 0.29) is 29.4 Å². The Bertz CT molecular complexity index is 546. The lowest BCUT2D eigenvalue weighted by Gasteiger charge is -2.39. The maximum atomic E-state index is 12.9. The Labute approximate surface area is 140 Å². The Morgan fingerprint density at radius 1 is 1.35 bits per heavy atom. The molecule has 1 saturated heterocycles. The average molecular weight is 351 g/mol. The van der Waals surface area contributed by atoms with Crippen LogP contribution < -0.4 is 10.6 Å². The highest BCUT2D eigenvalue weighted by molar-refractivity contribution is 5.95. The number of hydrogen-bond donors (Lipinski definition) is 2. The number of halogens is 4. The maximum Gasteiger partial charge on any atom is 0.417 e. The van der Waals surface area contributed by atoms with Gasteiger partial charge in [0.2, 0.25) is 0 Å². The lowest BCUT2D eigenvalue weighted by atomic mass is 9.77. The highest BCUT2D eigenvalue weighted by Crippen LogP contribution is 2.32. The van der Waals surface area contributed by atoms with Crippen LogP contribution in [0.4, 0.5) is 13.2 Å². The van der Waals surface area contributed by atoms with E-state index in [0.29, 0.717) is 6.54 Å². The van der Waals surface area contributed by atoms with Crippen molar-refractivity contribution in [3.8, 4) is 0 Å². The van der Waals surface area contributed by atoms with Crippen LogP contribution in [-0.4, -0.2) is 25.0 Å². The van der Waals surface area contributed by atoms with Gasteiger partial charge in [0.05, 0.1) is 11.1 Å². The highest BCUT2D eigenvalue weighted by Gasteiger charge is 2.36. The van der Waals surface area contributed by atoms with Crippen LogP contribution >= 0.6 is 12.4 Å². The molecule has 1 atom stereocenters. The molecule has 0 bridgehead atoms. The Balaban J connectivity index is 0.00000264. The fraction of sp³-hybridized carbons (Fsp3) is 0.562. The molecule has 0 aliphatic carbocycles. The number of piperidine rings is 1. The molecule has 2 rings (SSSR count). The highest BCUT2D eigenvalue weighted by atomic mass is 35.5. The normalized spacial score (nSPS) is 20.5. The zero-order chi connectivity index (χ0) is 16.4. The monoisotopic (exact) mass is 350 g/mol. The van der Waals surface area contributed by atoms with Gasteiger partial charge in [0.15, 0.2) is 0 Å². The minimum Gasteiger partial charge on any atom is -0.350 e. The molecular formula is C16H22ClF3N2O. The molecule has 23 heavy (non-hydrogen) atoms. The van der Waals surface area contributed by atoms with Gasteiger partial charge in [0, 0.05) is 12.6 Å². The number of carbonyl (C=O) groups excluding carboxylic acids is 1. The topological polar surface area (TPSA) is 41.1 Å². The summed E-state index contributed by atoms with van der Waals surface area (Å²) in [6.45, 7) is 5.38. The summed E-state index contributed by atoms with van der Waals surface area (Å²) in [5.41, 5.74) is -1.22. The third-order valence-electron chi connectivity index (χ3n) is 4.28. The van der Waals surface area contributed by atoms with E-state index in [1.807, 2.05) is 0 Å². The van der Waals surface area contributed by atoms with E-state index < -0.39 is 17.6 Å². The van der Waals surface area contributed by atoms with Crippen LogP contribution in [0.3, 0.4) is 0 Å². The molecule has 1 fully saturated rings. The van der Waals surface area contributed by atoms with E-state index in [1.54, 1.807) is 0 Å². The molecule has 0 aromatic heterocycles. The van der Waals surface area contributed by atoms with Gasteiger partial charge in [0.1, 0.15) is 0 Å². The molecule has 7 heteroatoms. The van der Waals surface area contributed by atoms with Crippen LogP contribution in [0.15, 0.2) is 24.3 Å². The molecule has 3 nitrogen and oxygen atoms in total.